The van der Waals surface area contributed by atoms with Crippen molar-refractivity contribution < 1.29 is 9.72 Å². The second-order valence-corrected chi connectivity index (χ2v) is 5.57. The first kappa shape index (κ1) is 15.7. The van der Waals surface area contributed by atoms with E-state index in [-0.39, 0.29) is 5.69 Å². The van der Waals surface area contributed by atoms with Gasteiger partial charge in [-0.1, -0.05) is 0 Å². The van der Waals surface area contributed by atoms with Gasteiger partial charge in [-0.2, -0.15) is 0 Å². The molecule has 3 aromatic rings. The third-order valence-corrected chi connectivity index (χ3v) is 4.04. The van der Waals surface area contributed by atoms with E-state index < -0.39 is 10.8 Å². The summed E-state index contributed by atoms with van der Waals surface area (Å²) in [5, 5.41) is 13.7. The van der Waals surface area contributed by atoms with Crippen LogP contribution in [0.2, 0.25) is 0 Å². The predicted molar refractivity (Wildman–Crippen MR) is 89.4 cm³/mol. The normalized spacial score (nSPS) is 10.4. The van der Waals surface area contributed by atoms with Gasteiger partial charge in [-0.05, 0) is 24.3 Å². The zero-order valence-corrected chi connectivity index (χ0v) is 13.0. The van der Waals surface area contributed by atoms with Crippen LogP contribution in [-0.2, 0) is 0 Å². The van der Waals surface area contributed by atoms with Crippen molar-refractivity contribution in [1.82, 2.24) is 9.97 Å². The van der Waals surface area contributed by atoms with Crippen molar-refractivity contribution in [1.29, 1.82) is 0 Å². The third kappa shape index (κ3) is 3.12. The van der Waals surface area contributed by atoms with Crippen molar-refractivity contribution in [2.24, 2.45) is 5.84 Å². The van der Waals surface area contributed by atoms with Gasteiger partial charge < -0.3 is 0 Å². The minimum Gasteiger partial charge on any atom is -0.267 e. The Morgan fingerprint density at radius 3 is 2.62 bits per heavy atom. The average molecular weight is 341 g/mol. The smallest absolute Gasteiger partial charge is 0.267 e. The lowest BCUT2D eigenvalue weighted by Crippen LogP contribution is -2.37. The van der Waals surface area contributed by atoms with E-state index in [0.717, 1.165) is 5.01 Å². The molecule has 9 heteroatoms. The Labute approximate surface area is 140 Å². The summed E-state index contributed by atoms with van der Waals surface area (Å²) < 4.78 is 0. The van der Waals surface area contributed by atoms with E-state index in [1.807, 2.05) is 0 Å². The zero-order valence-electron chi connectivity index (χ0n) is 12.2. The maximum absolute atomic E-state index is 12.3. The van der Waals surface area contributed by atoms with Gasteiger partial charge in [0.05, 0.1) is 16.2 Å². The number of hydrogen-bond donors (Lipinski definition) is 1. The highest BCUT2D eigenvalue weighted by Crippen LogP contribution is 2.28. The highest BCUT2D eigenvalue weighted by Gasteiger charge is 2.18. The third-order valence-electron chi connectivity index (χ3n) is 3.20. The van der Waals surface area contributed by atoms with E-state index in [4.69, 9.17) is 5.84 Å². The number of anilines is 1. The number of aromatic nitrogens is 2. The fourth-order valence-electron chi connectivity index (χ4n) is 1.98. The topological polar surface area (TPSA) is 115 Å². The molecule has 0 aliphatic rings. The monoisotopic (exact) mass is 341 g/mol. The summed E-state index contributed by atoms with van der Waals surface area (Å²) in [7, 11) is 0. The Hall–Kier alpha value is -3.17. The number of hydrogen-bond acceptors (Lipinski definition) is 7. The van der Waals surface area contributed by atoms with Crippen LogP contribution in [0.3, 0.4) is 0 Å². The van der Waals surface area contributed by atoms with Gasteiger partial charge in [0, 0.05) is 35.5 Å². The highest BCUT2D eigenvalue weighted by molar-refractivity contribution is 7.14. The van der Waals surface area contributed by atoms with Gasteiger partial charge in [0.2, 0.25) is 5.13 Å². The maximum atomic E-state index is 12.3. The van der Waals surface area contributed by atoms with Gasteiger partial charge in [0.1, 0.15) is 0 Å². The predicted octanol–water partition coefficient (Wildman–Crippen LogP) is 2.63. The molecule has 0 saturated heterocycles. The molecule has 2 aromatic heterocycles. The number of non-ortho nitro benzene ring substituents is 1. The molecule has 0 aliphatic carbocycles. The molecule has 1 aromatic carbocycles. The first-order valence-corrected chi connectivity index (χ1v) is 7.64. The number of benzene rings is 1. The van der Waals surface area contributed by atoms with Gasteiger partial charge >= 0.3 is 0 Å². The second-order valence-electron chi connectivity index (χ2n) is 4.74. The summed E-state index contributed by atoms with van der Waals surface area (Å²) in [5.74, 6) is 5.42. The molecule has 2 N–H and O–H groups in total. The Balaban J connectivity index is 1.82. The molecule has 2 heterocycles. The van der Waals surface area contributed by atoms with Crippen LogP contribution < -0.4 is 10.9 Å². The number of amides is 1. The van der Waals surface area contributed by atoms with Gasteiger partial charge in [0.15, 0.2) is 0 Å². The number of carbonyl (C=O) groups is 1. The van der Waals surface area contributed by atoms with Crippen molar-refractivity contribution in [3.63, 3.8) is 0 Å². The van der Waals surface area contributed by atoms with Gasteiger partial charge in [0.25, 0.3) is 11.6 Å². The molecular weight excluding hydrogens is 330 g/mol. The van der Waals surface area contributed by atoms with Crippen LogP contribution in [0.1, 0.15) is 10.4 Å². The summed E-state index contributed by atoms with van der Waals surface area (Å²) in [6.45, 7) is 0. The number of nitrogens with zero attached hydrogens (tertiary/aromatic N) is 4. The summed E-state index contributed by atoms with van der Waals surface area (Å²) in [4.78, 5) is 30.7. The van der Waals surface area contributed by atoms with Crippen molar-refractivity contribution >= 4 is 28.1 Å². The molecule has 0 aliphatic heterocycles. The zero-order chi connectivity index (χ0) is 17.1. The lowest BCUT2D eigenvalue weighted by Gasteiger charge is -2.12. The largest absolute Gasteiger partial charge is 0.276 e. The van der Waals surface area contributed by atoms with Crippen LogP contribution in [-0.4, -0.2) is 20.8 Å². The van der Waals surface area contributed by atoms with E-state index >= 15 is 0 Å². The summed E-state index contributed by atoms with van der Waals surface area (Å²) >= 11 is 1.20. The summed E-state index contributed by atoms with van der Waals surface area (Å²) in [6, 6.07) is 9.25. The first-order valence-electron chi connectivity index (χ1n) is 6.76. The number of pyridine rings is 1. The van der Waals surface area contributed by atoms with Crippen LogP contribution >= 0.6 is 11.3 Å². The van der Waals surface area contributed by atoms with Crippen molar-refractivity contribution in [3.05, 3.63) is 69.8 Å². The molecule has 3 rings (SSSR count). The molecule has 0 bridgehead atoms. The molecule has 0 atom stereocenters. The molecule has 0 radical (unpaired) electrons. The van der Waals surface area contributed by atoms with Crippen LogP contribution in [0, 0.1) is 10.1 Å². The number of carbonyl (C=O) groups excluding carboxylic acids is 1. The van der Waals surface area contributed by atoms with Crippen molar-refractivity contribution in [2.45, 2.75) is 0 Å². The molecule has 24 heavy (non-hydrogen) atoms. The lowest BCUT2D eigenvalue weighted by molar-refractivity contribution is -0.384. The quantitative estimate of drug-likeness (QED) is 0.337. The molecule has 0 fully saturated rings. The minimum absolute atomic E-state index is 0.00131. The molecular formula is C15H11N5O3S. The Morgan fingerprint density at radius 1 is 1.25 bits per heavy atom. The fourth-order valence-corrected chi connectivity index (χ4v) is 2.73. The number of thiazole rings is 1. The van der Waals surface area contributed by atoms with Crippen molar-refractivity contribution in [3.8, 4) is 11.3 Å². The van der Waals surface area contributed by atoms with Crippen LogP contribution in [0.4, 0.5) is 10.8 Å². The number of hydrazine groups is 1. The van der Waals surface area contributed by atoms with Crippen LogP contribution in [0.15, 0.2) is 54.2 Å². The summed E-state index contributed by atoms with van der Waals surface area (Å²) in [5.41, 5.74) is 1.64. The standard InChI is InChI=1S/C15H11N5O3S/c16-19(14(21)11-2-1-7-17-8-11)15-18-13(9-24-15)10-3-5-12(6-4-10)20(22)23/h1-9H,16H2. The highest BCUT2D eigenvalue weighted by atomic mass is 32.1. The molecule has 1 amide bonds. The van der Waals surface area contributed by atoms with E-state index in [1.165, 1.54) is 29.7 Å². The Bertz CT molecular complexity index is 880. The van der Waals surface area contributed by atoms with E-state index in [0.29, 0.717) is 22.0 Å². The van der Waals surface area contributed by atoms with Gasteiger partial charge in [-0.25, -0.2) is 15.8 Å². The fraction of sp³-hybridized carbons (Fsp3) is 0. The van der Waals surface area contributed by atoms with E-state index in [1.54, 1.807) is 35.8 Å². The summed E-state index contributed by atoms with van der Waals surface area (Å²) in [6.07, 6.45) is 2.99. The first-order chi connectivity index (χ1) is 11.6. The average Bonchev–Trinajstić information content (AvgIpc) is 3.11. The molecule has 120 valence electrons. The number of nitrogens with two attached hydrogens (primary N) is 1. The molecule has 0 unspecified atom stereocenters. The number of nitro groups is 1. The molecule has 8 nitrogen and oxygen atoms in total. The van der Waals surface area contributed by atoms with Gasteiger partial charge in [-0.3, -0.25) is 19.9 Å². The SMILES string of the molecule is NN(C(=O)c1cccnc1)c1nc(-c2ccc([N+](=O)[O-])cc2)cs1. The van der Waals surface area contributed by atoms with E-state index in [9.17, 15) is 14.9 Å². The molecule has 0 saturated carbocycles. The maximum Gasteiger partial charge on any atom is 0.276 e. The number of rotatable bonds is 4. The van der Waals surface area contributed by atoms with Crippen molar-refractivity contribution in [2.75, 3.05) is 5.01 Å². The van der Waals surface area contributed by atoms with Crippen LogP contribution in [0.25, 0.3) is 11.3 Å². The molecule has 0 spiro atoms. The number of nitro benzene ring substituents is 1. The lowest BCUT2D eigenvalue weighted by atomic mass is 10.1. The second kappa shape index (κ2) is 6.52. The Morgan fingerprint density at radius 2 is 2.00 bits per heavy atom. The van der Waals surface area contributed by atoms with E-state index in [2.05, 4.69) is 9.97 Å². The van der Waals surface area contributed by atoms with Gasteiger partial charge in [-0.15, -0.1) is 11.3 Å². The minimum atomic E-state index is -0.468. The van der Waals surface area contributed by atoms with Crippen LogP contribution in [0.5, 0.6) is 0 Å². The Kier molecular flexibility index (Phi) is 4.27.